The van der Waals surface area contributed by atoms with Gasteiger partial charge in [0, 0.05) is 29.9 Å². The number of rotatable bonds is 5. The van der Waals surface area contributed by atoms with Crippen molar-refractivity contribution < 1.29 is 4.79 Å². The van der Waals surface area contributed by atoms with Crippen molar-refractivity contribution in [3.8, 4) is 0 Å². The van der Waals surface area contributed by atoms with E-state index in [2.05, 4.69) is 27.4 Å². The van der Waals surface area contributed by atoms with Gasteiger partial charge >= 0.3 is 6.03 Å². The quantitative estimate of drug-likeness (QED) is 0.682. The highest BCUT2D eigenvalue weighted by atomic mass is 35.5. The van der Waals surface area contributed by atoms with Crippen molar-refractivity contribution in [2.24, 2.45) is 0 Å². The van der Waals surface area contributed by atoms with E-state index in [4.69, 9.17) is 11.6 Å². The fourth-order valence-electron chi connectivity index (χ4n) is 3.42. The number of aromatic nitrogens is 2. The molecule has 2 aromatic carbocycles. The van der Waals surface area contributed by atoms with Crippen LogP contribution in [0.1, 0.15) is 16.8 Å². The first-order chi connectivity index (χ1) is 14.1. The Balaban J connectivity index is 1.59. The maximum absolute atomic E-state index is 13.0. The van der Waals surface area contributed by atoms with Gasteiger partial charge < -0.3 is 10.2 Å². The lowest BCUT2D eigenvalue weighted by Gasteiger charge is -2.25. The Hall–Kier alpha value is -3.12. The van der Waals surface area contributed by atoms with Gasteiger partial charge in [0.05, 0.1) is 18.8 Å². The van der Waals surface area contributed by atoms with Crippen molar-refractivity contribution in [1.29, 1.82) is 0 Å². The van der Waals surface area contributed by atoms with Crippen LogP contribution in [-0.2, 0) is 19.5 Å². The van der Waals surface area contributed by atoms with Gasteiger partial charge in [-0.2, -0.15) is 0 Å². The van der Waals surface area contributed by atoms with Gasteiger partial charge in [-0.15, -0.1) is 0 Å². The number of carbonyl (C=O) groups excluding carboxylic acids is 1. The molecule has 0 saturated carbocycles. The van der Waals surface area contributed by atoms with Gasteiger partial charge in [0.15, 0.2) is 0 Å². The third-order valence-corrected chi connectivity index (χ3v) is 5.23. The molecule has 0 unspecified atom stereocenters. The van der Waals surface area contributed by atoms with Gasteiger partial charge in [0.1, 0.15) is 12.1 Å². The van der Waals surface area contributed by atoms with Crippen molar-refractivity contribution in [2.75, 3.05) is 23.8 Å². The second-order valence-electron chi connectivity index (χ2n) is 7.01. The average molecular weight is 408 g/mol. The first-order valence-electron chi connectivity index (χ1n) is 9.50. The molecule has 6 nitrogen and oxygen atoms in total. The number of hydrogen-bond acceptors (Lipinski definition) is 4. The molecule has 29 heavy (non-hydrogen) atoms. The molecule has 7 heteroatoms. The molecular formula is C22H22ClN5O. The lowest BCUT2D eigenvalue weighted by molar-refractivity contribution is 0.214. The molecule has 4 rings (SSSR count). The minimum Gasteiger partial charge on any atom is -0.369 e. The summed E-state index contributed by atoms with van der Waals surface area (Å²) in [5.41, 5.74) is 3.85. The molecule has 2 amide bonds. The molecule has 0 aliphatic carbocycles. The minimum atomic E-state index is -0.0828. The Labute approximate surface area is 175 Å². The van der Waals surface area contributed by atoms with Crippen molar-refractivity contribution in [2.45, 2.75) is 19.5 Å². The lowest BCUT2D eigenvalue weighted by atomic mass is 10.1. The van der Waals surface area contributed by atoms with E-state index >= 15 is 0 Å². The number of halogens is 1. The number of amides is 2. The number of nitrogens with one attached hydrogen (secondary N) is 1. The van der Waals surface area contributed by atoms with Crippen LogP contribution in [0.4, 0.5) is 16.3 Å². The summed E-state index contributed by atoms with van der Waals surface area (Å²) in [6, 6.07) is 17.5. The number of carbonyl (C=O) groups is 1. The number of nitrogens with zero attached hydrogens (tertiary/aromatic N) is 4. The summed E-state index contributed by atoms with van der Waals surface area (Å²) in [6.45, 7) is 1.58. The Morgan fingerprint density at radius 2 is 1.79 bits per heavy atom. The first kappa shape index (κ1) is 19.2. The van der Waals surface area contributed by atoms with Crippen LogP contribution in [0.5, 0.6) is 0 Å². The Kier molecular flexibility index (Phi) is 5.62. The van der Waals surface area contributed by atoms with E-state index in [1.165, 1.54) is 5.56 Å². The number of urea groups is 1. The summed E-state index contributed by atoms with van der Waals surface area (Å²) >= 11 is 6.02. The summed E-state index contributed by atoms with van der Waals surface area (Å²) < 4.78 is 0. The molecule has 3 aromatic rings. The van der Waals surface area contributed by atoms with Crippen LogP contribution in [0.2, 0.25) is 5.02 Å². The fraction of sp³-hybridized carbons (Fsp3) is 0.227. The SMILES string of the molecule is CN1Cc2ncnc(NCCc3ccccc3)c2CN(c2ccc(Cl)cc2)C1=O. The van der Waals surface area contributed by atoms with E-state index in [1.54, 1.807) is 35.3 Å². The zero-order chi connectivity index (χ0) is 20.2. The highest BCUT2D eigenvalue weighted by Crippen LogP contribution is 2.28. The van der Waals surface area contributed by atoms with Gasteiger partial charge in [0.25, 0.3) is 0 Å². The molecule has 1 aromatic heterocycles. The molecule has 0 bridgehead atoms. The largest absolute Gasteiger partial charge is 0.369 e. The van der Waals surface area contributed by atoms with E-state index in [1.807, 2.05) is 30.3 Å². The summed E-state index contributed by atoms with van der Waals surface area (Å²) in [4.78, 5) is 25.3. The van der Waals surface area contributed by atoms with Gasteiger partial charge in [-0.1, -0.05) is 41.9 Å². The zero-order valence-electron chi connectivity index (χ0n) is 16.2. The van der Waals surface area contributed by atoms with Gasteiger partial charge in [-0.3, -0.25) is 4.90 Å². The second kappa shape index (κ2) is 8.49. The molecule has 1 N–H and O–H groups in total. The molecule has 148 valence electrons. The summed E-state index contributed by atoms with van der Waals surface area (Å²) in [5, 5.41) is 4.07. The number of anilines is 2. The van der Waals surface area contributed by atoms with E-state index in [0.717, 1.165) is 35.7 Å². The maximum atomic E-state index is 13.0. The smallest absolute Gasteiger partial charge is 0.324 e. The van der Waals surface area contributed by atoms with E-state index in [0.29, 0.717) is 18.1 Å². The van der Waals surface area contributed by atoms with Crippen molar-refractivity contribution in [3.05, 3.63) is 82.8 Å². The summed E-state index contributed by atoms with van der Waals surface area (Å²) in [6.07, 6.45) is 2.44. The molecule has 0 fully saturated rings. The van der Waals surface area contributed by atoms with Crippen LogP contribution >= 0.6 is 11.6 Å². The molecule has 1 aliphatic rings. The Morgan fingerprint density at radius 1 is 1.03 bits per heavy atom. The molecule has 2 heterocycles. The highest BCUT2D eigenvalue weighted by Gasteiger charge is 2.28. The molecule has 0 atom stereocenters. The maximum Gasteiger partial charge on any atom is 0.324 e. The second-order valence-corrected chi connectivity index (χ2v) is 7.45. The normalized spacial score (nSPS) is 13.8. The van der Waals surface area contributed by atoms with Crippen LogP contribution in [0.3, 0.4) is 0 Å². The third-order valence-electron chi connectivity index (χ3n) is 4.98. The molecule has 0 saturated heterocycles. The molecule has 0 spiro atoms. The topological polar surface area (TPSA) is 61.4 Å². The van der Waals surface area contributed by atoms with E-state index in [9.17, 15) is 4.79 Å². The lowest BCUT2D eigenvalue weighted by Crippen LogP contribution is -2.38. The van der Waals surface area contributed by atoms with Gasteiger partial charge in [-0.25, -0.2) is 14.8 Å². The predicted molar refractivity (Wildman–Crippen MR) is 115 cm³/mol. The van der Waals surface area contributed by atoms with Crippen LogP contribution in [-0.4, -0.2) is 34.5 Å². The number of hydrogen-bond donors (Lipinski definition) is 1. The van der Waals surface area contributed by atoms with Crippen LogP contribution in [0.15, 0.2) is 60.9 Å². The molecule has 1 aliphatic heterocycles. The summed E-state index contributed by atoms with van der Waals surface area (Å²) in [5.74, 6) is 0.771. The Morgan fingerprint density at radius 3 is 2.55 bits per heavy atom. The van der Waals surface area contributed by atoms with E-state index < -0.39 is 0 Å². The Bertz CT molecular complexity index is 994. The molecular weight excluding hydrogens is 386 g/mol. The van der Waals surface area contributed by atoms with Crippen LogP contribution in [0.25, 0.3) is 0 Å². The monoisotopic (exact) mass is 407 g/mol. The number of fused-ring (bicyclic) bond motifs is 1. The molecule has 0 radical (unpaired) electrons. The fourth-order valence-corrected chi connectivity index (χ4v) is 3.55. The van der Waals surface area contributed by atoms with Crippen molar-refractivity contribution >= 4 is 29.1 Å². The van der Waals surface area contributed by atoms with Gasteiger partial charge in [0.2, 0.25) is 0 Å². The predicted octanol–water partition coefficient (Wildman–Crippen LogP) is 4.36. The highest BCUT2D eigenvalue weighted by molar-refractivity contribution is 6.30. The van der Waals surface area contributed by atoms with E-state index in [-0.39, 0.29) is 6.03 Å². The zero-order valence-corrected chi connectivity index (χ0v) is 16.9. The average Bonchev–Trinajstić information content (AvgIpc) is 2.86. The van der Waals surface area contributed by atoms with Crippen LogP contribution < -0.4 is 10.2 Å². The van der Waals surface area contributed by atoms with Crippen molar-refractivity contribution in [3.63, 3.8) is 0 Å². The standard InChI is InChI=1S/C22H22ClN5O/c1-27-14-20-19(13-28(22(27)29)18-9-7-17(23)8-10-18)21(26-15-25-20)24-12-11-16-5-3-2-4-6-16/h2-10,15H,11-14H2,1H3,(H,24,25,26). The van der Waals surface area contributed by atoms with Gasteiger partial charge in [-0.05, 0) is 36.2 Å². The number of benzene rings is 2. The third kappa shape index (κ3) is 4.32. The summed E-state index contributed by atoms with van der Waals surface area (Å²) in [7, 11) is 1.78. The minimum absolute atomic E-state index is 0.0828. The van der Waals surface area contributed by atoms with Crippen LogP contribution in [0, 0.1) is 0 Å². The van der Waals surface area contributed by atoms with Crippen molar-refractivity contribution in [1.82, 2.24) is 14.9 Å². The first-order valence-corrected chi connectivity index (χ1v) is 9.88.